The summed E-state index contributed by atoms with van der Waals surface area (Å²) in [4.78, 5) is 30.0. The quantitative estimate of drug-likeness (QED) is 0.894. The standard InChI is InChI=1S/C15H25N5O2/c1-6-18-11-13(17-12(18)9(2)3)20(10(4)5)15(22)19(8-7-16)14(11)21/h9-10H,6-8,16H2,1-5H3. The van der Waals surface area contributed by atoms with Gasteiger partial charge in [-0.2, -0.15) is 0 Å². The lowest BCUT2D eigenvalue weighted by atomic mass is 10.2. The Balaban J connectivity index is 3.05. The Morgan fingerprint density at radius 3 is 2.23 bits per heavy atom. The van der Waals surface area contributed by atoms with Crippen LogP contribution in [0.5, 0.6) is 0 Å². The van der Waals surface area contributed by atoms with Crippen LogP contribution in [0.15, 0.2) is 9.59 Å². The Morgan fingerprint density at radius 1 is 1.14 bits per heavy atom. The van der Waals surface area contributed by atoms with Crippen molar-refractivity contribution in [2.24, 2.45) is 5.73 Å². The first-order valence-corrected chi connectivity index (χ1v) is 7.80. The normalized spacial score (nSPS) is 12.0. The molecule has 0 saturated heterocycles. The van der Waals surface area contributed by atoms with E-state index >= 15 is 0 Å². The molecule has 0 fully saturated rings. The first-order valence-electron chi connectivity index (χ1n) is 7.80. The third kappa shape index (κ3) is 2.39. The van der Waals surface area contributed by atoms with E-state index in [2.05, 4.69) is 4.98 Å². The number of nitrogens with zero attached hydrogens (tertiary/aromatic N) is 4. The van der Waals surface area contributed by atoms with Gasteiger partial charge in [-0.15, -0.1) is 0 Å². The molecule has 2 N–H and O–H groups in total. The lowest BCUT2D eigenvalue weighted by Crippen LogP contribution is -2.42. The van der Waals surface area contributed by atoms with Gasteiger partial charge >= 0.3 is 5.69 Å². The maximum atomic E-state index is 12.8. The Morgan fingerprint density at radius 2 is 1.77 bits per heavy atom. The number of aryl methyl sites for hydroxylation is 1. The van der Waals surface area contributed by atoms with E-state index in [1.165, 1.54) is 4.57 Å². The first-order chi connectivity index (χ1) is 10.3. The van der Waals surface area contributed by atoms with E-state index in [4.69, 9.17) is 5.73 Å². The van der Waals surface area contributed by atoms with Crippen LogP contribution in [-0.4, -0.2) is 25.2 Å². The molecule has 2 aromatic heterocycles. The molecule has 0 amide bonds. The first kappa shape index (κ1) is 16.5. The van der Waals surface area contributed by atoms with Gasteiger partial charge in [0.2, 0.25) is 0 Å². The predicted molar refractivity (Wildman–Crippen MR) is 87.5 cm³/mol. The van der Waals surface area contributed by atoms with Gasteiger partial charge < -0.3 is 10.3 Å². The number of imidazole rings is 1. The van der Waals surface area contributed by atoms with Gasteiger partial charge in [0, 0.05) is 31.6 Å². The summed E-state index contributed by atoms with van der Waals surface area (Å²) in [6.07, 6.45) is 0. The lowest BCUT2D eigenvalue weighted by molar-refractivity contribution is 0.525. The number of rotatable bonds is 5. The fourth-order valence-corrected chi connectivity index (χ4v) is 2.82. The van der Waals surface area contributed by atoms with Gasteiger partial charge in [0.15, 0.2) is 11.2 Å². The van der Waals surface area contributed by atoms with Crippen LogP contribution in [-0.2, 0) is 13.1 Å². The zero-order valence-corrected chi connectivity index (χ0v) is 14.0. The molecule has 0 aliphatic rings. The number of hydrogen-bond donors (Lipinski definition) is 1. The summed E-state index contributed by atoms with van der Waals surface area (Å²) in [6.45, 7) is 11.0. The zero-order valence-electron chi connectivity index (χ0n) is 14.0. The molecule has 7 nitrogen and oxygen atoms in total. The van der Waals surface area contributed by atoms with E-state index < -0.39 is 0 Å². The van der Waals surface area contributed by atoms with Crippen molar-refractivity contribution < 1.29 is 0 Å². The Kier molecular flexibility index (Phi) is 4.55. The van der Waals surface area contributed by atoms with E-state index in [1.54, 1.807) is 4.57 Å². The largest absolute Gasteiger partial charge is 0.333 e. The van der Waals surface area contributed by atoms with Crippen LogP contribution >= 0.6 is 0 Å². The van der Waals surface area contributed by atoms with Crippen LogP contribution in [0.2, 0.25) is 0 Å². The summed E-state index contributed by atoms with van der Waals surface area (Å²) in [5.74, 6) is 0.999. The molecule has 0 aromatic carbocycles. The van der Waals surface area contributed by atoms with Crippen LogP contribution in [0.4, 0.5) is 0 Å². The third-order valence-electron chi connectivity index (χ3n) is 3.79. The van der Waals surface area contributed by atoms with Crippen LogP contribution < -0.4 is 17.0 Å². The van der Waals surface area contributed by atoms with Crippen LogP contribution in [0.25, 0.3) is 11.2 Å². The molecule has 122 valence electrons. The van der Waals surface area contributed by atoms with E-state index in [1.807, 2.05) is 39.2 Å². The Labute approximate surface area is 129 Å². The van der Waals surface area contributed by atoms with Gasteiger partial charge in [-0.25, -0.2) is 9.78 Å². The lowest BCUT2D eigenvalue weighted by Gasteiger charge is -2.14. The minimum atomic E-state index is -0.339. The van der Waals surface area contributed by atoms with Crippen molar-refractivity contribution in [3.8, 4) is 0 Å². The fraction of sp³-hybridized carbons (Fsp3) is 0.667. The topological polar surface area (TPSA) is 87.8 Å². The molecular weight excluding hydrogens is 282 g/mol. The Hall–Kier alpha value is -1.89. The highest BCUT2D eigenvalue weighted by atomic mass is 16.2. The smallest absolute Gasteiger partial charge is 0.329 e. The van der Waals surface area contributed by atoms with Crippen molar-refractivity contribution in [3.05, 3.63) is 26.7 Å². The summed E-state index contributed by atoms with van der Waals surface area (Å²) < 4.78 is 4.72. The van der Waals surface area contributed by atoms with Crippen LogP contribution in [0.1, 0.15) is 52.4 Å². The van der Waals surface area contributed by atoms with Crippen LogP contribution in [0.3, 0.4) is 0 Å². The van der Waals surface area contributed by atoms with Gasteiger partial charge in [-0.1, -0.05) is 13.8 Å². The molecule has 0 aliphatic heterocycles. The summed E-state index contributed by atoms with van der Waals surface area (Å²) in [5, 5.41) is 0. The summed E-state index contributed by atoms with van der Waals surface area (Å²) >= 11 is 0. The highest BCUT2D eigenvalue weighted by molar-refractivity contribution is 5.71. The summed E-state index contributed by atoms with van der Waals surface area (Å²) in [6, 6.07) is -0.0835. The van der Waals surface area contributed by atoms with Gasteiger partial charge in [0.05, 0.1) is 0 Å². The second-order valence-electron chi connectivity index (χ2n) is 6.03. The molecule has 0 aliphatic carbocycles. The second kappa shape index (κ2) is 6.08. The fourth-order valence-electron chi connectivity index (χ4n) is 2.82. The number of hydrogen-bond acceptors (Lipinski definition) is 4. The maximum absolute atomic E-state index is 12.8. The molecule has 2 aromatic rings. The predicted octanol–water partition coefficient (Wildman–Crippen LogP) is 1.04. The number of nitrogens with two attached hydrogens (primary N) is 1. The van der Waals surface area contributed by atoms with Gasteiger partial charge in [-0.05, 0) is 20.8 Å². The highest BCUT2D eigenvalue weighted by Gasteiger charge is 2.22. The van der Waals surface area contributed by atoms with Crippen LogP contribution in [0, 0.1) is 0 Å². The van der Waals surface area contributed by atoms with E-state index in [-0.39, 0.29) is 36.3 Å². The summed E-state index contributed by atoms with van der Waals surface area (Å²) in [7, 11) is 0. The van der Waals surface area contributed by atoms with Crippen molar-refractivity contribution in [2.45, 2.75) is 59.7 Å². The summed E-state index contributed by atoms with van der Waals surface area (Å²) in [5.41, 5.74) is 5.89. The molecule has 2 heterocycles. The van der Waals surface area contributed by atoms with E-state index in [0.29, 0.717) is 17.7 Å². The molecule has 0 saturated carbocycles. The van der Waals surface area contributed by atoms with Crippen molar-refractivity contribution in [1.29, 1.82) is 0 Å². The second-order valence-corrected chi connectivity index (χ2v) is 6.03. The SMILES string of the molecule is CCn1c(C(C)C)nc2c1c(=O)n(CCN)c(=O)n2C(C)C. The molecule has 0 radical (unpaired) electrons. The number of aromatic nitrogens is 4. The molecule has 0 unspecified atom stereocenters. The average Bonchev–Trinajstić information content (AvgIpc) is 2.82. The minimum Gasteiger partial charge on any atom is -0.329 e. The van der Waals surface area contributed by atoms with Gasteiger partial charge in [0.25, 0.3) is 5.56 Å². The van der Waals surface area contributed by atoms with Crippen molar-refractivity contribution in [3.63, 3.8) is 0 Å². The highest BCUT2D eigenvalue weighted by Crippen LogP contribution is 2.20. The number of fused-ring (bicyclic) bond motifs is 1. The average molecular weight is 307 g/mol. The zero-order chi connectivity index (χ0) is 16.6. The molecule has 22 heavy (non-hydrogen) atoms. The van der Waals surface area contributed by atoms with Gasteiger partial charge in [-0.3, -0.25) is 13.9 Å². The molecule has 0 atom stereocenters. The maximum Gasteiger partial charge on any atom is 0.333 e. The van der Waals surface area contributed by atoms with Crippen molar-refractivity contribution in [2.75, 3.05) is 6.54 Å². The minimum absolute atomic E-state index is 0.0835. The van der Waals surface area contributed by atoms with Gasteiger partial charge in [0.1, 0.15) is 5.82 Å². The van der Waals surface area contributed by atoms with E-state index in [9.17, 15) is 9.59 Å². The van der Waals surface area contributed by atoms with Crippen molar-refractivity contribution >= 4 is 11.2 Å². The van der Waals surface area contributed by atoms with E-state index in [0.717, 1.165) is 5.82 Å². The molecule has 0 spiro atoms. The molecule has 0 bridgehead atoms. The monoisotopic (exact) mass is 307 g/mol. The molecule has 7 heteroatoms. The third-order valence-corrected chi connectivity index (χ3v) is 3.79. The molecular formula is C15H25N5O2. The molecule has 2 rings (SSSR count). The van der Waals surface area contributed by atoms with Crippen molar-refractivity contribution in [1.82, 2.24) is 18.7 Å². The Bertz CT molecular complexity index is 795.